The Morgan fingerprint density at radius 1 is 1.53 bits per heavy atom. The molecule has 0 spiro atoms. The van der Waals surface area contributed by atoms with Crippen molar-refractivity contribution in [2.75, 3.05) is 5.73 Å². The average molecular weight is 286 g/mol. The SMILES string of the molecule is Cc1coc(Sc2ncc(Br)cc2N)n1. The number of aromatic nitrogens is 2. The Labute approximate surface area is 99.4 Å². The van der Waals surface area contributed by atoms with Crippen molar-refractivity contribution in [2.45, 2.75) is 17.2 Å². The van der Waals surface area contributed by atoms with Crippen LogP contribution in [-0.2, 0) is 0 Å². The summed E-state index contributed by atoms with van der Waals surface area (Å²) in [5, 5.41) is 1.24. The average Bonchev–Trinajstić information content (AvgIpc) is 2.56. The van der Waals surface area contributed by atoms with Gasteiger partial charge in [0.2, 0.25) is 0 Å². The van der Waals surface area contributed by atoms with E-state index >= 15 is 0 Å². The molecule has 0 aliphatic rings. The molecule has 0 aromatic carbocycles. The number of halogens is 1. The van der Waals surface area contributed by atoms with Gasteiger partial charge in [-0.25, -0.2) is 9.97 Å². The van der Waals surface area contributed by atoms with E-state index in [0.717, 1.165) is 10.2 Å². The largest absolute Gasteiger partial charge is 0.439 e. The summed E-state index contributed by atoms with van der Waals surface area (Å²) in [5.41, 5.74) is 7.24. The molecule has 2 rings (SSSR count). The van der Waals surface area contributed by atoms with Crippen molar-refractivity contribution in [1.29, 1.82) is 0 Å². The summed E-state index contributed by atoms with van der Waals surface area (Å²) in [6.45, 7) is 1.87. The number of nitrogens with two attached hydrogens (primary N) is 1. The highest BCUT2D eigenvalue weighted by Crippen LogP contribution is 2.30. The number of hydrogen-bond acceptors (Lipinski definition) is 5. The quantitative estimate of drug-likeness (QED) is 0.919. The van der Waals surface area contributed by atoms with Gasteiger partial charge < -0.3 is 10.2 Å². The topological polar surface area (TPSA) is 64.9 Å². The van der Waals surface area contributed by atoms with E-state index < -0.39 is 0 Å². The van der Waals surface area contributed by atoms with Crippen molar-refractivity contribution in [2.24, 2.45) is 0 Å². The number of anilines is 1. The van der Waals surface area contributed by atoms with Crippen molar-refractivity contribution in [1.82, 2.24) is 9.97 Å². The van der Waals surface area contributed by atoms with E-state index in [9.17, 15) is 0 Å². The molecule has 6 heteroatoms. The lowest BCUT2D eigenvalue weighted by Crippen LogP contribution is -1.91. The second-order valence-electron chi connectivity index (χ2n) is 2.90. The van der Waals surface area contributed by atoms with E-state index in [2.05, 4.69) is 25.9 Å². The molecule has 2 N–H and O–H groups in total. The number of oxazole rings is 1. The van der Waals surface area contributed by atoms with Crippen molar-refractivity contribution in [3.8, 4) is 0 Å². The van der Waals surface area contributed by atoms with Crippen molar-refractivity contribution in [3.05, 3.63) is 28.7 Å². The molecule has 0 saturated carbocycles. The van der Waals surface area contributed by atoms with Crippen LogP contribution in [0.4, 0.5) is 5.69 Å². The highest BCUT2D eigenvalue weighted by atomic mass is 79.9. The first kappa shape index (κ1) is 10.5. The van der Waals surface area contributed by atoms with Crippen molar-refractivity contribution >= 4 is 33.4 Å². The van der Waals surface area contributed by atoms with Gasteiger partial charge in [0.1, 0.15) is 11.3 Å². The van der Waals surface area contributed by atoms with Crippen LogP contribution in [0.3, 0.4) is 0 Å². The third-order valence-corrected chi connectivity index (χ3v) is 2.96. The minimum atomic E-state index is 0.550. The Kier molecular flexibility index (Phi) is 2.97. The van der Waals surface area contributed by atoms with Crippen LogP contribution >= 0.6 is 27.7 Å². The normalized spacial score (nSPS) is 10.5. The summed E-state index contributed by atoms with van der Waals surface area (Å²) >= 11 is 4.60. The van der Waals surface area contributed by atoms with Gasteiger partial charge in [-0.2, -0.15) is 0 Å². The Balaban J connectivity index is 2.24. The molecule has 2 aromatic rings. The molecule has 0 bridgehead atoms. The Hall–Kier alpha value is -1.01. The molecule has 2 heterocycles. The number of pyridine rings is 1. The molecule has 0 atom stereocenters. The highest BCUT2D eigenvalue weighted by molar-refractivity contribution is 9.10. The fourth-order valence-electron chi connectivity index (χ4n) is 0.990. The number of nitrogens with zero attached hydrogens (tertiary/aromatic N) is 2. The maximum atomic E-state index is 5.79. The number of nitrogen functional groups attached to an aromatic ring is 1. The van der Waals surface area contributed by atoms with E-state index in [0.29, 0.717) is 15.9 Å². The van der Waals surface area contributed by atoms with Crippen LogP contribution in [-0.4, -0.2) is 9.97 Å². The van der Waals surface area contributed by atoms with Gasteiger partial charge in [0.25, 0.3) is 5.22 Å². The maximum absolute atomic E-state index is 5.79. The van der Waals surface area contributed by atoms with E-state index in [4.69, 9.17) is 10.2 Å². The minimum absolute atomic E-state index is 0.550. The Bertz CT molecular complexity index is 486. The van der Waals surface area contributed by atoms with Crippen molar-refractivity contribution < 1.29 is 4.42 Å². The molecule has 0 unspecified atom stereocenters. The summed E-state index contributed by atoms with van der Waals surface area (Å²) in [7, 11) is 0. The van der Waals surface area contributed by atoms with Gasteiger partial charge in [-0.3, -0.25) is 0 Å². The summed E-state index contributed by atoms with van der Waals surface area (Å²) in [6, 6.07) is 1.80. The van der Waals surface area contributed by atoms with Crippen LogP contribution in [0.2, 0.25) is 0 Å². The van der Waals surface area contributed by atoms with Crippen LogP contribution in [0.25, 0.3) is 0 Å². The summed E-state index contributed by atoms with van der Waals surface area (Å²) in [6.07, 6.45) is 3.28. The first-order valence-corrected chi connectivity index (χ1v) is 5.77. The second-order valence-corrected chi connectivity index (χ2v) is 4.76. The molecule has 0 amide bonds. The molecule has 0 radical (unpaired) electrons. The van der Waals surface area contributed by atoms with E-state index in [-0.39, 0.29) is 0 Å². The highest BCUT2D eigenvalue weighted by Gasteiger charge is 2.08. The lowest BCUT2D eigenvalue weighted by atomic mass is 10.4. The molecule has 2 aromatic heterocycles. The minimum Gasteiger partial charge on any atom is -0.439 e. The van der Waals surface area contributed by atoms with Crippen LogP contribution in [0, 0.1) is 6.92 Å². The van der Waals surface area contributed by atoms with Gasteiger partial charge in [0.05, 0.1) is 11.4 Å². The maximum Gasteiger partial charge on any atom is 0.262 e. The molecule has 0 saturated heterocycles. The van der Waals surface area contributed by atoms with Crippen LogP contribution in [0.15, 0.2) is 37.7 Å². The standard InChI is InChI=1S/C9H8BrN3OS/c1-5-4-14-9(13-5)15-8-7(11)2-6(10)3-12-8/h2-4H,11H2,1H3. The van der Waals surface area contributed by atoms with Crippen molar-refractivity contribution in [3.63, 3.8) is 0 Å². The predicted molar refractivity (Wildman–Crippen MR) is 61.7 cm³/mol. The molecular weight excluding hydrogens is 278 g/mol. The Morgan fingerprint density at radius 3 is 2.93 bits per heavy atom. The molecule has 78 valence electrons. The van der Waals surface area contributed by atoms with Crippen LogP contribution in [0.1, 0.15) is 5.69 Å². The van der Waals surface area contributed by atoms with Gasteiger partial charge in [0.15, 0.2) is 0 Å². The Morgan fingerprint density at radius 2 is 2.33 bits per heavy atom. The van der Waals surface area contributed by atoms with E-state index in [1.807, 2.05) is 6.92 Å². The van der Waals surface area contributed by atoms with E-state index in [1.54, 1.807) is 18.5 Å². The van der Waals surface area contributed by atoms with Gasteiger partial charge in [-0.05, 0) is 40.7 Å². The van der Waals surface area contributed by atoms with Gasteiger partial charge in [0, 0.05) is 10.7 Å². The lowest BCUT2D eigenvalue weighted by Gasteiger charge is -2.00. The van der Waals surface area contributed by atoms with Gasteiger partial charge in [-0.1, -0.05) is 0 Å². The third-order valence-electron chi connectivity index (χ3n) is 1.63. The smallest absolute Gasteiger partial charge is 0.262 e. The molecule has 15 heavy (non-hydrogen) atoms. The van der Waals surface area contributed by atoms with Crippen LogP contribution < -0.4 is 5.73 Å². The van der Waals surface area contributed by atoms with Crippen LogP contribution in [0.5, 0.6) is 0 Å². The molecular formula is C9H8BrN3OS. The molecule has 0 fully saturated rings. The third kappa shape index (κ3) is 2.51. The first-order valence-electron chi connectivity index (χ1n) is 4.16. The van der Waals surface area contributed by atoms with Gasteiger partial charge in [-0.15, -0.1) is 0 Å². The zero-order chi connectivity index (χ0) is 10.8. The number of hydrogen-bond donors (Lipinski definition) is 1. The number of aryl methyl sites for hydroxylation is 1. The van der Waals surface area contributed by atoms with E-state index in [1.165, 1.54) is 11.8 Å². The lowest BCUT2D eigenvalue weighted by molar-refractivity contribution is 0.454. The molecule has 0 aliphatic carbocycles. The fourth-order valence-corrected chi connectivity index (χ4v) is 2.07. The fraction of sp³-hybridized carbons (Fsp3) is 0.111. The monoisotopic (exact) mass is 285 g/mol. The second kappa shape index (κ2) is 4.24. The predicted octanol–water partition coefficient (Wildman–Crippen LogP) is 2.87. The summed E-state index contributed by atoms with van der Waals surface area (Å²) in [5.74, 6) is 0. The first-order chi connectivity index (χ1) is 7.15. The van der Waals surface area contributed by atoms with Gasteiger partial charge >= 0.3 is 0 Å². The summed E-state index contributed by atoms with van der Waals surface area (Å²) < 4.78 is 6.05. The zero-order valence-corrected chi connectivity index (χ0v) is 10.3. The number of rotatable bonds is 2. The summed E-state index contributed by atoms with van der Waals surface area (Å²) in [4.78, 5) is 8.33. The molecule has 0 aliphatic heterocycles. The molecule has 4 nitrogen and oxygen atoms in total. The zero-order valence-electron chi connectivity index (χ0n) is 7.90.